The summed E-state index contributed by atoms with van der Waals surface area (Å²) in [5.41, 5.74) is 19.9. The van der Waals surface area contributed by atoms with E-state index in [4.69, 9.17) is 28.8 Å². The molecule has 8 N–H and O–H groups in total. The highest BCUT2D eigenvalue weighted by Crippen LogP contribution is 2.33. The van der Waals surface area contributed by atoms with Crippen LogP contribution in [0.5, 0.6) is 0 Å². The fraction of sp³-hybridized carbons (Fsp3) is 0.296. The predicted molar refractivity (Wildman–Crippen MR) is 151 cm³/mol. The van der Waals surface area contributed by atoms with Gasteiger partial charge < -0.3 is 27.5 Å². The number of fused-ring (bicyclic) bond motifs is 1. The number of hydrogen-bond donors (Lipinski definition) is 5. The molecule has 38 heavy (non-hydrogen) atoms. The van der Waals surface area contributed by atoms with Gasteiger partial charge in [0.05, 0.1) is 10.7 Å². The molecule has 9 nitrogen and oxygen atoms in total. The first kappa shape index (κ1) is 27.3. The van der Waals surface area contributed by atoms with E-state index in [1.807, 2.05) is 36.4 Å². The van der Waals surface area contributed by atoms with Gasteiger partial charge in [-0.25, -0.2) is 9.18 Å². The Hall–Kier alpha value is -3.73. The van der Waals surface area contributed by atoms with Crippen LogP contribution in [-0.4, -0.2) is 40.1 Å². The van der Waals surface area contributed by atoms with Gasteiger partial charge >= 0.3 is 5.69 Å². The number of benzene rings is 2. The molecule has 0 radical (unpaired) electrons. The van der Waals surface area contributed by atoms with E-state index in [2.05, 4.69) is 20.3 Å². The third kappa shape index (κ3) is 6.77. The van der Waals surface area contributed by atoms with Crippen molar-refractivity contribution in [3.63, 3.8) is 0 Å². The van der Waals surface area contributed by atoms with Gasteiger partial charge in [0.25, 0.3) is 0 Å². The summed E-state index contributed by atoms with van der Waals surface area (Å²) in [5.74, 6) is -0.387. The monoisotopic (exact) mass is 538 g/mol. The van der Waals surface area contributed by atoms with Crippen molar-refractivity contribution in [3.8, 4) is 16.9 Å². The fourth-order valence-electron chi connectivity index (χ4n) is 4.20. The Bertz CT molecular complexity index is 1480. The topological polar surface area (TPSA) is 153 Å². The van der Waals surface area contributed by atoms with E-state index in [1.165, 1.54) is 10.6 Å². The minimum Gasteiger partial charge on any atom is -0.370 e. The zero-order valence-electron chi connectivity index (χ0n) is 21.0. The minimum atomic E-state index is -0.485. The van der Waals surface area contributed by atoms with Gasteiger partial charge in [0.2, 0.25) is 0 Å². The lowest BCUT2D eigenvalue weighted by Gasteiger charge is -2.08. The van der Waals surface area contributed by atoms with Crippen LogP contribution in [0.15, 0.2) is 58.4 Å². The maximum atomic E-state index is 14.6. The Morgan fingerprint density at radius 1 is 1.11 bits per heavy atom. The molecule has 200 valence electrons. The Kier molecular flexibility index (Phi) is 9.11. The van der Waals surface area contributed by atoms with Gasteiger partial charge in [-0.2, -0.15) is 4.98 Å². The van der Waals surface area contributed by atoms with Gasteiger partial charge in [-0.05, 0) is 80.2 Å². The van der Waals surface area contributed by atoms with Crippen molar-refractivity contribution in [1.29, 1.82) is 0 Å². The van der Waals surface area contributed by atoms with Crippen molar-refractivity contribution in [3.05, 3.63) is 81.1 Å². The summed E-state index contributed by atoms with van der Waals surface area (Å²) >= 11 is 6.31. The average Bonchev–Trinajstić information content (AvgIpc) is 3.30. The van der Waals surface area contributed by atoms with E-state index in [-0.39, 0.29) is 11.0 Å². The average molecular weight is 539 g/mol. The minimum absolute atomic E-state index is 0.0230. The molecule has 0 saturated heterocycles. The molecular formula is C27H32ClFN8O. The van der Waals surface area contributed by atoms with Crippen molar-refractivity contribution in [2.75, 3.05) is 19.6 Å². The number of nitrogens with zero attached hydrogens (tertiary/aromatic N) is 3. The fourth-order valence-corrected chi connectivity index (χ4v) is 4.41. The number of nitrogens with one attached hydrogen (secondary N) is 2. The van der Waals surface area contributed by atoms with Gasteiger partial charge in [-0.1, -0.05) is 23.7 Å². The third-order valence-corrected chi connectivity index (χ3v) is 6.54. The number of aromatic nitrogens is 3. The summed E-state index contributed by atoms with van der Waals surface area (Å²) in [4.78, 5) is 24.1. The molecule has 11 heteroatoms. The largest absolute Gasteiger partial charge is 0.370 e. The summed E-state index contributed by atoms with van der Waals surface area (Å²) in [6.07, 6.45) is 4.97. The first-order valence-electron chi connectivity index (χ1n) is 12.5. The van der Waals surface area contributed by atoms with E-state index < -0.39 is 11.5 Å². The second-order valence-electron chi connectivity index (χ2n) is 9.07. The van der Waals surface area contributed by atoms with E-state index in [0.717, 1.165) is 36.9 Å². The molecule has 2 aromatic carbocycles. The molecule has 0 aliphatic rings. The van der Waals surface area contributed by atoms with E-state index >= 15 is 0 Å². The van der Waals surface area contributed by atoms with Gasteiger partial charge in [0.15, 0.2) is 5.96 Å². The van der Waals surface area contributed by atoms with Crippen molar-refractivity contribution >= 4 is 28.6 Å². The second-order valence-corrected chi connectivity index (χ2v) is 9.45. The molecule has 0 fully saturated rings. The number of halogens is 2. The summed E-state index contributed by atoms with van der Waals surface area (Å²) in [5, 5.41) is 4.06. The quantitative estimate of drug-likeness (QED) is 0.106. The molecule has 0 aliphatic carbocycles. The summed E-state index contributed by atoms with van der Waals surface area (Å²) in [7, 11) is 0. The van der Waals surface area contributed by atoms with Crippen LogP contribution >= 0.6 is 11.6 Å². The molecule has 0 bridgehead atoms. The van der Waals surface area contributed by atoms with Gasteiger partial charge in [0.1, 0.15) is 11.5 Å². The molecule has 2 aromatic heterocycles. The van der Waals surface area contributed by atoms with Crippen LogP contribution in [0.1, 0.15) is 30.4 Å². The highest BCUT2D eigenvalue weighted by molar-refractivity contribution is 6.33. The number of aromatic amines is 1. The lowest BCUT2D eigenvalue weighted by atomic mass is 10.0. The molecule has 4 aromatic rings. The van der Waals surface area contributed by atoms with E-state index in [0.29, 0.717) is 54.0 Å². The van der Waals surface area contributed by atoms with Crippen LogP contribution in [0.4, 0.5) is 4.39 Å². The molecule has 0 unspecified atom stereocenters. The first-order chi connectivity index (χ1) is 18.4. The lowest BCUT2D eigenvalue weighted by Crippen LogP contribution is -2.23. The summed E-state index contributed by atoms with van der Waals surface area (Å²) in [6, 6.07) is 12.8. The van der Waals surface area contributed by atoms with Crippen LogP contribution in [0, 0.1) is 5.82 Å². The SMILES string of the molecule is NCCCCc1cc(F)c(Cl)c(-c2cc3cn(-c4ccc(CNCCCN=C(N)N)cc4)c(=O)nc3[nH]2)c1. The molecular weight excluding hydrogens is 507 g/mol. The van der Waals surface area contributed by atoms with Gasteiger partial charge in [-0.3, -0.25) is 9.56 Å². The smallest absolute Gasteiger partial charge is 0.354 e. The Morgan fingerprint density at radius 2 is 1.89 bits per heavy atom. The van der Waals surface area contributed by atoms with Crippen molar-refractivity contribution < 1.29 is 4.39 Å². The Morgan fingerprint density at radius 3 is 2.63 bits per heavy atom. The number of unbranched alkanes of at least 4 members (excludes halogenated alkanes) is 1. The summed E-state index contributed by atoms with van der Waals surface area (Å²) in [6.45, 7) is 2.63. The molecule has 0 atom stereocenters. The van der Waals surface area contributed by atoms with Crippen LogP contribution in [-0.2, 0) is 13.0 Å². The second kappa shape index (κ2) is 12.7. The summed E-state index contributed by atoms with van der Waals surface area (Å²) < 4.78 is 16.1. The van der Waals surface area contributed by atoms with E-state index in [9.17, 15) is 9.18 Å². The molecule has 4 rings (SSSR count). The van der Waals surface area contributed by atoms with Crippen LogP contribution in [0.25, 0.3) is 28.0 Å². The highest BCUT2D eigenvalue weighted by Gasteiger charge is 2.15. The zero-order chi connectivity index (χ0) is 27.1. The molecule has 0 saturated carbocycles. The molecule has 0 aliphatic heterocycles. The first-order valence-corrected chi connectivity index (χ1v) is 12.9. The number of aryl methyl sites for hydroxylation is 1. The number of nitrogens with two attached hydrogens (primary N) is 3. The van der Waals surface area contributed by atoms with Gasteiger partial charge in [-0.15, -0.1) is 0 Å². The van der Waals surface area contributed by atoms with Crippen molar-refractivity contribution in [1.82, 2.24) is 19.9 Å². The van der Waals surface area contributed by atoms with Crippen LogP contribution in [0.2, 0.25) is 5.02 Å². The van der Waals surface area contributed by atoms with E-state index in [1.54, 1.807) is 6.20 Å². The standard InChI is InChI=1S/C27H32ClFN8O/c28-24-21(12-18(13-22(24)29)4-1-2-9-30)23-14-19-16-37(27(38)36-25(19)35-23)20-7-5-17(6-8-20)15-33-10-3-11-34-26(31)32/h5-8,12-14,16,33H,1-4,9-11,15,30H2,(H4,31,32,34)(H,35,36,38). The molecule has 0 spiro atoms. The molecule has 2 heterocycles. The highest BCUT2D eigenvalue weighted by atomic mass is 35.5. The molecule has 0 amide bonds. The van der Waals surface area contributed by atoms with Crippen molar-refractivity contribution in [2.24, 2.45) is 22.2 Å². The zero-order valence-corrected chi connectivity index (χ0v) is 21.8. The third-order valence-electron chi connectivity index (χ3n) is 6.16. The maximum Gasteiger partial charge on any atom is 0.354 e. The Labute approximate surface area is 224 Å². The number of hydrogen-bond acceptors (Lipinski definition) is 5. The number of aliphatic imine (C=N–C) groups is 1. The maximum absolute atomic E-state index is 14.6. The number of guanidine groups is 1. The Balaban J connectivity index is 1.51. The van der Waals surface area contributed by atoms with Gasteiger partial charge in [0, 0.05) is 35.9 Å². The van der Waals surface area contributed by atoms with Crippen molar-refractivity contribution in [2.45, 2.75) is 32.2 Å². The lowest BCUT2D eigenvalue weighted by molar-refractivity contribution is 0.624. The predicted octanol–water partition coefficient (Wildman–Crippen LogP) is 3.21. The number of rotatable bonds is 12. The number of H-pyrrole nitrogens is 1. The van der Waals surface area contributed by atoms with Crippen LogP contribution in [0.3, 0.4) is 0 Å². The van der Waals surface area contributed by atoms with Crippen LogP contribution < -0.4 is 28.2 Å². The normalized spacial score (nSPS) is 11.2.